The lowest BCUT2D eigenvalue weighted by atomic mass is 9.77. The van der Waals surface area contributed by atoms with E-state index in [-0.39, 0.29) is 17.0 Å². The summed E-state index contributed by atoms with van der Waals surface area (Å²) in [5.74, 6) is -1.19. The highest BCUT2D eigenvalue weighted by molar-refractivity contribution is 7.08. The quantitative estimate of drug-likeness (QED) is 0.447. The van der Waals surface area contributed by atoms with Crippen molar-refractivity contribution in [2.45, 2.75) is 33.2 Å². The van der Waals surface area contributed by atoms with Crippen molar-refractivity contribution in [3.05, 3.63) is 68.8 Å². The van der Waals surface area contributed by atoms with Crippen molar-refractivity contribution in [2.75, 3.05) is 0 Å². The van der Waals surface area contributed by atoms with E-state index in [2.05, 4.69) is 54.7 Å². The van der Waals surface area contributed by atoms with Crippen molar-refractivity contribution in [1.29, 1.82) is 0 Å². The van der Waals surface area contributed by atoms with Crippen LogP contribution >= 0.6 is 11.3 Å². The number of aromatic carboxylic acids is 1. The summed E-state index contributed by atoms with van der Waals surface area (Å²) in [6, 6.07) is 7.87. The van der Waals surface area contributed by atoms with Gasteiger partial charge in [0.15, 0.2) is 5.43 Å². The fourth-order valence-electron chi connectivity index (χ4n) is 4.58. The van der Waals surface area contributed by atoms with Crippen LogP contribution in [0.25, 0.3) is 33.3 Å². The first-order chi connectivity index (χ1) is 14.3. The predicted octanol–water partition coefficient (Wildman–Crippen LogP) is 5.57. The van der Waals surface area contributed by atoms with E-state index in [4.69, 9.17) is 0 Å². The Hall–Kier alpha value is -3.12. The van der Waals surface area contributed by atoms with Gasteiger partial charge in [-0.15, -0.1) is 0 Å². The van der Waals surface area contributed by atoms with E-state index < -0.39 is 11.4 Å². The van der Waals surface area contributed by atoms with Crippen molar-refractivity contribution in [3.63, 3.8) is 0 Å². The number of rotatable bonds is 2. The fourth-order valence-corrected chi connectivity index (χ4v) is 5.24. The van der Waals surface area contributed by atoms with Gasteiger partial charge < -0.3 is 14.7 Å². The number of pyridine rings is 1. The van der Waals surface area contributed by atoms with E-state index in [0.29, 0.717) is 0 Å². The molecule has 3 aromatic heterocycles. The fraction of sp³-hybridized carbons (Fsp3) is 0.250. The summed E-state index contributed by atoms with van der Waals surface area (Å²) in [6.45, 7) is 6.45. The van der Waals surface area contributed by atoms with Crippen LogP contribution in [0.2, 0.25) is 0 Å². The molecular weight excluding hydrogens is 396 g/mol. The number of thiophene rings is 1. The van der Waals surface area contributed by atoms with E-state index >= 15 is 0 Å². The molecule has 0 saturated heterocycles. The zero-order valence-electron chi connectivity index (χ0n) is 17.0. The van der Waals surface area contributed by atoms with Crippen molar-refractivity contribution < 1.29 is 9.90 Å². The topological polar surface area (TPSA) is 75.1 Å². The van der Waals surface area contributed by atoms with Gasteiger partial charge in [0.2, 0.25) is 0 Å². The summed E-state index contributed by atoms with van der Waals surface area (Å²) in [4.78, 5) is 27.7. The molecule has 0 spiro atoms. The molecule has 5 nitrogen and oxygen atoms in total. The van der Waals surface area contributed by atoms with Crippen molar-refractivity contribution >= 4 is 28.2 Å². The van der Waals surface area contributed by atoms with Gasteiger partial charge in [-0.3, -0.25) is 4.79 Å². The predicted molar refractivity (Wildman–Crippen MR) is 120 cm³/mol. The first kappa shape index (κ1) is 18.9. The molecule has 0 radical (unpaired) electrons. The number of aromatic nitrogens is 2. The highest BCUT2D eigenvalue weighted by atomic mass is 32.1. The summed E-state index contributed by atoms with van der Waals surface area (Å²) in [5.41, 5.74) is 5.51. The third-order valence-electron chi connectivity index (χ3n) is 6.10. The van der Waals surface area contributed by atoms with Gasteiger partial charge in [-0.25, -0.2) is 4.79 Å². The minimum Gasteiger partial charge on any atom is -0.477 e. The molecule has 0 saturated carbocycles. The van der Waals surface area contributed by atoms with Crippen molar-refractivity contribution in [3.8, 4) is 22.4 Å². The minimum atomic E-state index is -1.19. The molecule has 0 amide bonds. The standard InChI is InChI=1S/C24H22N2O3S/c1-24(2,3)21-9-17-16(19-10-20(27)18(23(28)29)11-26(19)21)8-15(13-5-7-30-12-13)14-4-6-25-22(14)17/h4-8,10-12,21,25H,9H2,1-3H3,(H,28,29)/t21-/m0/s1. The second-order valence-corrected chi connectivity index (χ2v) is 9.74. The number of fused-ring (bicyclic) bond motifs is 5. The van der Waals surface area contributed by atoms with Crippen LogP contribution in [0.4, 0.5) is 0 Å². The molecule has 4 aromatic rings. The highest BCUT2D eigenvalue weighted by Gasteiger charge is 2.35. The lowest BCUT2D eigenvalue weighted by Crippen LogP contribution is -2.33. The molecule has 5 rings (SSSR count). The molecule has 0 unspecified atom stereocenters. The number of nitrogens with zero attached hydrogens (tertiary/aromatic N) is 1. The Balaban J connectivity index is 1.88. The van der Waals surface area contributed by atoms with Crippen LogP contribution in [0, 0.1) is 5.41 Å². The molecule has 6 heteroatoms. The monoisotopic (exact) mass is 418 g/mol. The van der Waals surface area contributed by atoms with Crippen molar-refractivity contribution in [1.82, 2.24) is 9.55 Å². The largest absolute Gasteiger partial charge is 0.477 e. The Morgan fingerprint density at radius 1 is 1.23 bits per heavy atom. The van der Waals surface area contributed by atoms with E-state index in [1.165, 1.54) is 17.8 Å². The highest BCUT2D eigenvalue weighted by Crippen LogP contribution is 2.46. The molecule has 4 heterocycles. The van der Waals surface area contributed by atoms with E-state index in [1.54, 1.807) is 11.3 Å². The minimum absolute atomic E-state index is 0.0252. The molecule has 1 aliphatic rings. The van der Waals surface area contributed by atoms with Gasteiger partial charge in [0.05, 0.1) is 5.69 Å². The Labute approximate surface area is 177 Å². The number of carbonyl (C=O) groups is 1. The average Bonchev–Trinajstić information content (AvgIpc) is 3.37. The maximum atomic E-state index is 12.6. The lowest BCUT2D eigenvalue weighted by molar-refractivity contribution is 0.0693. The smallest absolute Gasteiger partial charge is 0.341 e. The zero-order valence-corrected chi connectivity index (χ0v) is 17.8. The second kappa shape index (κ2) is 6.44. The van der Waals surface area contributed by atoms with Gasteiger partial charge in [-0.2, -0.15) is 11.3 Å². The van der Waals surface area contributed by atoms with Crippen LogP contribution in [-0.4, -0.2) is 20.6 Å². The number of nitrogens with one attached hydrogen (secondary N) is 1. The number of aromatic amines is 1. The maximum Gasteiger partial charge on any atom is 0.341 e. The molecule has 0 bridgehead atoms. The Kier molecular flexibility index (Phi) is 4.05. The molecule has 0 fully saturated rings. The van der Waals surface area contributed by atoms with Gasteiger partial charge in [0.25, 0.3) is 0 Å². The number of hydrogen-bond acceptors (Lipinski definition) is 3. The van der Waals surface area contributed by atoms with Crippen LogP contribution in [0.3, 0.4) is 0 Å². The number of carboxylic acids is 1. The number of hydrogen-bond donors (Lipinski definition) is 2. The van der Waals surface area contributed by atoms with E-state index in [9.17, 15) is 14.7 Å². The van der Waals surface area contributed by atoms with Gasteiger partial charge in [-0.1, -0.05) is 20.8 Å². The molecule has 1 aromatic carbocycles. The second-order valence-electron chi connectivity index (χ2n) is 8.96. The summed E-state index contributed by atoms with van der Waals surface area (Å²) < 4.78 is 2.00. The van der Waals surface area contributed by atoms with Gasteiger partial charge in [0, 0.05) is 41.0 Å². The maximum absolute atomic E-state index is 12.6. The average molecular weight is 419 g/mol. The van der Waals surface area contributed by atoms with Gasteiger partial charge in [-0.05, 0) is 57.5 Å². The molecule has 2 N–H and O–H groups in total. The molecular formula is C24H22N2O3S. The molecule has 0 aliphatic carbocycles. The summed E-state index contributed by atoms with van der Waals surface area (Å²) >= 11 is 1.65. The number of benzene rings is 1. The van der Waals surface area contributed by atoms with Crippen molar-refractivity contribution in [2.24, 2.45) is 5.41 Å². The van der Waals surface area contributed by atoms with E-state index in [1.807, 2.05) is 10.8 Å². The van der Waals surface area contributed by atoms with Crippen LogP contribution in [-0.2, 0) is 6.42 Å². The van der Waals surface area contributed by atoms with E-state index in [0.717, 1.165) is 39.7 Å². The Morgan fingerprint density at radius 2 is 2.03 bits per heavy atom. The van der Waals surface area contributed by atoms with Crippen LogP contribution in [0.1, 0.15) is 42.7 Å². The van der Waals surface area contributed by atoms with Crippen LogP contribution < -0.4 is 5.43 Å². The molecule has 1 aliphatic heterocycles. The normalized spacial score (nSPS) is 15.8. The summed E-state index contributed by atoms with van der Waals surface area (Å²) in [6.07, 6.45) is 4.25. The zero-order chi connectivity index (χ0) is 21.2. The van der Waals surface area contributed by atoms with Gasteiger partial charge in [0.1, 0.15) is 5.56 Å². The first-order valence-electron chi connectivity index (χ1n) is 9.91. The number of carboxylic acid groups (broad SMARTS) is 1. The first-order valence-corrected chi connectivity index (χ1v) is 10.9. The molecule has 1 atom stereocenters. The van der Waals surface area contributed by atoms with Crippen LogP contribution in [0.15, 0.2) is 52.2 Å². The summed E-state index contributed by atoms with van der Waals surface area (Å²) in [7, 11) is 0. The van der Waals surface area contributed by atoms with Gasteiger partial charge >= 0.3 is 5.97 Å². The third-order valence-corrected chi connectivity index (χ3v) is 6.79. The third kappa shape index (κ3) is 2.75. The SMILES string of the molecule is CC(C)(C)[C@@H]1Cc2c(cc(-c3ccsc3)c3cc[nH]c23)-c2cc(=O)c(C(=O)O)cn21. The Morgan fingerprint density at radius 3 is 2.70 bits per heavy atom. The Bertz CT molecular complexity index is 1350. The summed E-state index contributed by atoms with van der Waals surface area (Å²) in [5, 5.41) is 14.9. The molecule has 152 valence electrons. The molecule has 30 heavy (non-hydrogen) atoms. The number of H-pyrrole nitrogens is 1. The van der Waals surface area contributed by atoms with Crippen LogP contribution in [0.5, 0.6) is 0 Å². The lowest BCUT2D eigenvalue weighted by Gasteiger charge is -2.39.